The number of halogens is 1. The van der Waals surface area contributed by atoms with E-state index in [9.17, 15) is 18.0 Å². The highest BCUT2D eigenvalue weighted by Gasteiger charge is 2.34. The van der Waals surface area contributed by atoms with Crippen molar-refractivity contribution in [3.05, 3.63) is 29.3 Å². The molecule has 3 rings (SSSR count). The van der Waals surface area contributed by atoms with Crippen LogP contribution in [-0.4, -0.2) is 42.7 Å². The van der Waals surface area contributed by atoms with Gasteiger partial charge in [-0.1, -0.05) is 37.3 Å². The highest BCUT2D eigenvalue weighted by Crippen LogP contribution is 2.26. The highest BCUT2D eigenvalue weighted by molar-refractivity contribution is 7.89. The number of rotatable bonds is 5. The van der Waals surface area contributed by atoms with Gasteiger partial charge in [0.05, 0.1) is 16.7 Å². The quantitative estimate of drug-likeness (QED) is 0.528. The lowest BCUT2D eigenvalue weighted by atomic mass is 9.85. The zero-order valence-corrected chi connectivity index (χ0v) is 18.2. The normalized spacial score (nSPS) is 26.9. The molecule has 2 aliphatic carbocycles. The fraction of sp³-hybridized carbons (Fsp3) is 0.600. The van der Waals surface area contributed by atoms with Crippen molar-refractivity contribution < 1.29 is 28.2 Å². The van der Waals surface area contributed by atoms with E-state index in [4.69, 9.17) is 27.5 Å². The van der Waals surface area contributed by atoms with E-state index in [1.807, 2.05) is 0 Å². The molecule has 168 valence electrons. The minimum atomic E-state index is -3.72. The zero-order chi connectivity index (χ0) is 22.3. The number of sulfonamides is 1. The molecule has 2 fully saturated rings. The third-order valence-electron chi connectivity index (χ3n) is 5.65. The molecule has 0 spiro atoms. The number of carboxylic acid groups (broad SMARTS) is 2. The van der Waals surface area contributed by atoms with Crippen LogP contribution in [0.25, 0.3) is 0 Å². The van der Waals surface area contributed by atoms with Gasteiger partial charge < -0.3 is 15.9 Å². The molecule has 2 aliphatic rings. The number of hydrogen-bond acceptors (Lipinski definition) is 5. The molecule has 0 bridgehead atoms. The van der Waals surface area contributed by atoms with Crippen molar-refractivity contribution in [2.24, 2.45) is 17.6 Å². The molecule has 1 aromatic rings. The summed E-state index contributed by atoms with van der Waals surface area (Å²) in [4.78, 5) is 21.8. The van der Waals surface area contributed by atoms with Crippen LogP contribution in [0.2, 0.25) is 5.02 Å². The van der Waals surface area contributed by atoms with Crippen LogP contribution in [0.4, 0.5) is 0 Å². The Labute approximate surface area is 181 Å². The largest absolute Gasteiger partial charge is 0.481 e. The number of aliphatic carboxylic acids is 2. The van der Waals surface area contributed by atoms with Crippen molar-refractivity contribution in [1.29, 1.82) is 0 Å². The van der Waals surface area contributed by atoms with E-state index in [1.165, 1.54) is 24.3 Å². The summed E-state index contributed by atoms with van der Waals surface area (Å²) in [6.07, 6.45) is 6.43. The van der Waals surface area contributed by atoms with Crippen molar-refractivity contribution in [3.8, 4) is 0 Å². The Bertz CT molecular complexity index is 830. The number of nitrogens with two attached hydrogens (primary N) is 1. The lowest BCUT2D eigenvalue weighted by Crippen LogP contribution is -2.44. The van der Waals surface area contributed by atoms with Crippen LogP contribution in [-0.2, 0) is 19.6 Å². The molecule has 0 amide bonds. The van der Waals surface area contributed by atoms with Gasteiger partial charge in [-0.25, -0.2) is 13.1 Å². The van der Waals surface area contributed by atoms with Crippen molar-refractivity contribution in [3.63, 3.8) is 0 Å². The average molecular weight is 461 g/mol. The summed E-state index contributed by atoms with van der Waals surface area (Å²) in [5, 5.41) is 18.2. The van der Waals surface area contributed by atoms with Crippen LogP contribution >= 0.6 is 11.6 Å². The number of benzene rings is 1. The van der Waals surface area contributed by atoms with Crippen molar-refractivity contribution in [2.45, 2.75) is 68.3 Å². The number of carboxylic acids is 2. The number of carbonyl (C=O) groups is 2. The Morgan fingerprint density at radius 3 is 1.90 bits per heavy atom. The molecule has 8 nitrogen and oxygen atoms in total. The van der Waals surface area contributed by atoms with E-state index >= 15 is 0 Å². The second-order valence-electron chi connectivity index (χ2n) is 7.80. The van der Waals surface area contributed by atoms with Crippen molar-refractivity contribution in [2.75, 3.05) is 0 Å². The van der Waals surface area contributed by atoms with Gasteiger partial charge in [0.1, 0.15) is 0 Å². The van der Waals surface area contributed by atoms with E-state index in [-0.39, 0.29) is 16.9 Å². The second-order valence-corrected chi connectivity index (χ2v) is 9.95. The zero-order valence-electron chi connectivity index (χ0n) is 16.7. The SMILES string of the molecule is N[C@@H]1CCCC[C@H]1C(=O)O.O=C(O)[C@@H]1CCCC[C@H]1NS(=O)(=O)c1ccc(Cl)cc1. The maximum Gasteiger partial charge on any atom is 0.308 e. The van der Waals surface area contributed by atoms with E-state index in [0.717, 1.165) is 38.5 Å². The fourth-order valence-corrected chi connectivity index (χ4v) is 5.35. The summed E-state index contributed by atoms with van der Waals surface area (Å²) in [7, 11) is -3.72. The van der Waals surface area contributed by atoms with Gasteiger partial charge in [0.25, 0.3) is 0 Å². The van der Waals surface area contributed by atoms with Crippen LogP contribution in [0.15, 0.2) is 29.2 Å². The molecule has 5 N–H and O–H groups in total. The van der Waals surface area contributed by atoms with Gasteiger partial charge in [0.2, 0.25) is 10.0 Å². The van der Waals surface area contributed by atoms with Gasteiger partial charge in [-0.3, -0.25) is 9.59 Å². The Morgan fingerprint density at radius 2 is 1.40 bits per heavy atom. The summed E-state index contributed by atoms with van der Waals surface area (Å²) in [5.74, 6) is -2.62. The third kappa shape index (κ3) is 6.94. The molecule has 30 heavy (non-hydrogen) atoms. The van der Waals surface area contributed by atoms with Crippen LogP contribution < -0.4 is 10.5 Å². The maximum absolute atomic E-state index is 12.2. The Kier molecular flexibility index (Phi) is 9.09. The van der Waals surface area contributed by atoms with Gasteiger partial charge in [0.15, 0.2) is 0 Å². The van der Waals surface area contributed by atoms with Gasteiger partial charge >= 0.3 is 11.9 Å². The first-order valence-electron chi connectivity index (χ1n) is 10.1. The molecule has 1 aromatic carbocycles. The molecule has 0 saturated heterocycles. The predicted octanol–water partition coefficient (Wildman–Crippen LogP) is 2.85. The number of nitrogens with one attached hydrogen (secondary N) is 1. The second kappa shape index (κ2) is 11.1. The summed E-state index contributed by atoms with van der Waals surface area (Å²) in [6.45, 7) is 0. The van der Waals surface area contributed by atoms with Gasteiger partial charge in [0, 0.05) is 17.1 Å². The fourth-order valence-electron chi connectivity index (χ4n) is 3.91. The summed E-state index contributed by atoms with van der Waals surface area (Å²) in [6, 6.07) is 5.14. The van der Waals surface area contributed by atoms with Crippen LogP contribution in [0, 0.1) is 11.8 Å². The first-order valence-corrected chi connectivity index (χ1v) is 12.0. The van der Waals surface area contributed by atoms with E-state index in [1.54, 1.807) is 0 Å². The predicted molar refractivity (Wildman–Crippen MR) is 113 cm³/mol. The smallest absolute Gasteiger partial charge is 0.308 e. The summed E-state index contributed by atoms with van der Waals surface area (Å²) < 4.78 is 27.0. The molecular formula is C20H29ClN2O6S. The van der Waals surface area contributed by atoms with Crippen LogP contribution in [0.3, 0.4) is 0 Å². The monoisotopic (exact) mass is 460 g/mol. The first-order chi connectivity index (χ1) is 14.1. The number of hydrogen-bond donors (Lipinski definition) is 4. The third-order valence-corrected chi connectivity index (χ3v) is 7.41. The first kappa shape index (κ1) is 24.6. The summed E-state index contributed by atoms with van der Waals surface area (Å²) in [5.41, 5.74) is 5.60. The highest BCUT2D eigenvalue weighted by atomic mass is 35.5. The van der Waals surface area contributed by atoms with Crippen molar-refractivity contribution in [1.82, 2.24) is 4.72 Å². The molecule has 0 aliphatic heterocycles. The van der Waals surface area contributed by atoms with Gasteiger partial charge in [-0.2, -0.15) is 0 Å². The molecule has 10 heteroatoms. The van der Waals surface area contributed by atoms with E-state index in [2.05, 4.69) is 4.72 Å². The van der Waals surface area contributed by atoms with Crippen molar-refractivity contribution >= 4 is 33.6 Å². The van der Waals surface area contributed by atoms with E-state index in [0.29, 0.717) is 17.9 Å². The Balaban J connectivity index is 0.000000269. The minimum absolute atomic E-state index is 0.0941. The van der Waals surface area contributed by atoms with Gasteiger partial charge in [-0.05, 0) is 49.9 Å². The lowest BCUT2D eigenvalue weighted by Gasteiger charge is -2.28. The Morgan fingerprint density at radius 1 is 0.900 bits per heavy atom. The van der Waals surface area contributed by atoms with Crippen LogP contribution in [0.1, 0.15) is 51.4 Å². The molecule has 0 heterocycles. The molecule has 0 unspecified atom stereocenters. The molecule has 0 radical (unpaired) electrons. The minimum Gasteiger partial charge on any atom is -0.481 e. The molecular weight excluding hydrogens is 432 g/mol. The average Bonchev–Trinajstić information content (AvgIpc) is 2.69. The summed E-state index contributed by atoms with van der Waals surface area (Å²) >= 11 is 5.73. The molecule has 4 atom stereocenters. The topological polar surface area (TPSA) is 147 Å². The standard InChI is InChI=1S/C13H16ClNO4S.C7H13NO2/c14-9-5-7-10(8-6-9)20(18,19)15-12-4-2-1-3-11(12)13(16)17;8-6-4-2-1-3-5(6)7(9)10/h5-8,11-12,15H,1-4H2,(H,16,17);5-6H,1-4,8H2,(H,9,10)/t11-,12-;5-,6-/m11/s1. The van der Waals surface area contributed by atoms with E-state index < -0.39 is 33.9 Å². The van der Waals surface area contributed by atoms with Crippen LogP contribution in [0.5, 0.6) is 0 Å². The molecule has 2 saturated carbocycles. The van der Waals surface area contributed by atoms with Gasteiger partial charge in [-0.15, -0.1) is 0 Å². The molecule has 0 aromatic heterocycles. The lowest BCUT2D eigenvalue weighted by molar-refractivity contribution is -0.144. The Hall–Kier alpha value is -1.68. The maximum atomic E-state index is 12.2.